The van der Waals surface area contributed by atoms with Gasteiger partial charge >= 0.3 is 5.97 Å². The molecule has 0 fully saturated rings. The zero-order valence-corrected chi connectivity index (χ0v) is 22.6. The molecule has 0 N–H and O–H groups in total. The quantitative estimate of drug-likeness (QED) is 0.410. The van der Waals surface area contributed by atoms with Crippen LogP contribution in [0.4, 0.5) is 0 Å². The van der Waals surface area contributed by atoms with Gasteiger partial charge in [0.25, 0.3) is 5.56 Å². The summed E-state index contributed by atoms with van der Waals surface area (Å²) in [5.41, 5.74) is 1.81. The summed E-state index contributed by atoms with van der Waals surface area (Å²) in [5, 5.41) is 0.436. The molecule has 1 atom stereocenters. The van der Waals surface area contributed by atoms with Gasteiger partial charge in [-0.3, -0.25) is 9.36 Å². The summed E-state index contributed by atoms with van der Waals surface area (Å²) in [5.74, 6) is 0.561. The van der Waals surface area contributed by atoms with Gasteiger partial charge in [-0.05, 0) is 49.2 Å². The number of esters is 1. The van der Waals surface area contributed by atoms with Crippen molar-refractivity contribution in [3.05, 3.63) is 88.0 Å². The first-order valence-corrected chi connectivity index (χ1v) is 12.6. The third kappa shape index (κ3) is 4.68. The zero-order valence-electron chi connectivity index (χ0n) is 19.4. The molecule has 0 amide bonds. The van der Waals surface area contributed by atoms with Crippen LogP contribution in [0.2, 0.25) is 5.02 Å². The number of ether oxygens (including phenoxy) is 3. The standard InChI is InChI=1S/C25H22BrClN2O5S/c1-5-34-24(31)21-13(2)28-25-29(22(21)15-8-6-7-9-17(15)27)23(30)20(35-25)11-14-10-18(32-3)19(33-4)12-16(14)26/h6-12,22H,5H2,1-4H3/b20-11-/t22-/m0/s1. The van der Waals surface area contributed by atoms with E-state index in [1.165, 1.54) is 15.9 Å². The van der Waals surface area contributed by atoms with Crippen LogP contribution in [-0.4, -0.2) is 31.4 Å². The van der Waals surface area contributed by atoms with E-state index in [1.807, 2.05) is 6.07 Å². The van der Waals surface area contributed by atoms with Crippen molar-refractivity contribution in [1.82, 2.24) is 4.57 Å². The molecule has 0 saturated heterocycles. The highest BCUT2D eigenvalue weighted by atomic mass is 79.9. The Kier molecular flexibility index (Phi) is 7.49. The maximum absolute atomic E-state index is 13.7. The molecule has 1 aromatic heterocycles. The monoisotopic (exact) mass is 576 g/mol. The van der Waals surface area contributed by atoms with E-state index in [4.69, 9.17) is 25.8 Å². The van der Waals surface area contributed by atoms with Crippen molar-refractivity contribution >= 4 is 50.9 Å². The van der Waals surface area contributed by atoms with E-state index in [1.54, 1.807) is 64.5 Å². The number of hydrogen-bond donors (Lipinski definition) is 0. The molecule has 0 unspecified atom stereocenters. The molecule has 0 spiro atoms. The molecular formula is C25H22BrClN2O5S. The summed E-state index contributed by atoms with van der Waals surface area (Å²) in [6, 6.07) is 9.92. The van der Waals surface area contributed by atoms with E-state index in [9.17, 15) is 9.59 Å². The normalized spacial score (nSPS) is 15.5. The fourth-order valence-electron chi connectivity index (χ4n) is 3.90. The molecule has 2 aromatic carbocycles. The predicted molar refractivity (Wildman–Crippen MR) is 139 cm³/mol. The van der Waals surface area contributed by atoms with Crippen molar-refractivity contribution in [1.29, 1.82) is 0 Å². The Bertz CT molecular complexity index is 1530. The van der Waals surface area contributed by atoms with Crippen LogP contribution in [0.15, 0.2) is 61.9 Å². The van der Waals surface area contributed by atoms with Crippen LogP contribution >= 0.6 is 38.9 Å². The summed E-state index contributed by atoms with van der Waals surface area (Å²) in [7, 11) is 3.10. The number of nitrogens with zero attached hydrogens (tertiary/aromatic N) is 2. The summed E-state index contributed by atoms with van der Waals surface area (Å²) in [6.45, 7) is 3.66. The smallest absolute Gasteiger partial charge is 0.338 e. The van der Waals surface area contributed by atoms with Gasteiger partial charge in [-0.2, -0.15) is 0 Å². The Morgan fingerprint density at radius 2 is 1.91 bits per heavy atom. The van der Waals surface area contributed by atoms with Crippen LogP contribution in [0.3, 0.4) is 0 Å². The molecule has 4 rings (SSSR count). The van der Waals surface area contributed by atoms with Crippen LogP contribution in [0.1, 0.15) is 31.0 Å². The summed E-state index contributed by atoms with van der Waals surface area (Å²) in [6.07, 6.45) is 1.75. The van der Waals surface area contributed by atoms with Crippen molar-refractivity contribution in [2.75, 3.05) is 20.8 Å². The summed E-state index contributed by atoms with van der Waals surface area (Å²) >= 11 is 11.3. The molecular weight excluding hydrogens is 556 g/mol. The van der Waals surface area contributed by atoms with Gasteiger partial charge < -0.3 is 14.2 Å². The first kappa shape index (κ1) is 25.2. The van der Waals surface area contributed by atoms with Gasteiger partial charge in [0.15, 0.2) is 16.3 Å². The highest BCUT2D eigenvalue weighted by Gasteiger charge is 2.34. The molecule has 0 bridgehead atoms. The van der Waals surface area contributed by atoms with E-state index >= 15 is 0 Å². The van der Waals surface area contributed by atoms with Crippen molar-refractivity contribution in [2.45, 2.75) is 19.9 Å². The number of methoxy groups -OCH3 is 2. The number of hydrogen-bond acceptors (Lipinski definition) is 7. The molecule has 10 heteroatoms. The average Bonchev–Trinajstić information content (AvgIpc) is 3.14. The van der Waals surface area contributed by atoms with Gasteiger partial charge in [0.05, 0.1) is 36.6 Å². The third-order valence-electron chi connectivity index (χ3n) is 5.51. The molecule has 3 aromatic rings. The number of carbonyl (C=O) groups excluding carboxylic acids is 1. The van der Waals surface area contributed by atoms with Gasteiger partial charge in [-0.25, -0.2) is 9.79 Å². The van der Waals surface area contributed by atoms with Crippen LogP contribution < -0.4 is 24.4 Å². The van der Waals surface area contributed by atoms with Crippen LogP contribution in [-0.2, 0) is 9.53 Å². The second-order valence-corrected chi connectivity index (χ2v) is 9.82. The van der Waals surface area contributed by atoms with Crippen molar-refractivity contribution in [3.63, 3.8) is 0 Å². The summed E-state index contributed by atoms with van der Waals surface area (Å²) in [4.78, 5) is 31.7. The highest BCUT2D eigenvalue weighted by Crippen LogP contribution is 2.35. The third-order valence-corrected chi connectivity index (χ3v) is 7.52. The van der Waals surface area contributed by atoms with Gasteiger partial charge in [0, 0.05) is 9.50 Å². The number of thiazole rings is 1. The zero-order chi connectivity index (χ0) is 25.3. The van der Waals surface area contributed by atoms with Gasteiger partial charge in [-0.1, -0.05) is 57.1 Å². The van der Waals surface area contributed by atoms with Crippen LogP contribution in [0.25, 0.3) is 6.08 Å². The Morgan fingerprint density at radius 1 is 1.23 bits per heavy atom. The lowest BCUT2D eigenvalue weighted by atomic mass is 9.96. The lowest BCUT2D eigenvalue weighted by Crippen LogP contribution is -2.40. The lowest BCUT2D eigenvalue weighted by molar-refractivity contribution is -0.139. The molecule has 0 aliphatic carbocycles. The molecule has 1 aliphatic heterocycles. The van der Waals surface area contributed by atoms with Crippen molar-refractivity contribution in [2.24, 2.45) is 4.99 Å². The molecule has 35 heavy (non-hydrogen) atoms. The largest absolute Gasteiger partial charge is 0.493 e. The first-order chi connectivity index (χ1) is 16.8. The molecule has 0 saturated carbocycles. The Labute approximate surface area is 219 Å². The SMILES string of the molecule is CCOC(=O)C1=C(C)N=c2s/c(=C\c3cc(OC)c(OC)cc3Br)c(=O)n2[C@H]1c1ccccc1Cl. The number of aromatic nitrogens is 1. The molecule has 0 radical (unpaired) electrons. The first-order valence-electron chi connectivity index (χ1n) is 10.7. The Morgan fingerprint density at radius 3 is 2.57 bits per heavy atom. The van der Waals surface area contributed by atoms with E-state index in [2.05, 4.69) is 20.9 Å². The minimum atomic E-state index is -0.769. The maximum atomic E-state index is 13.7. The topological polar surface area (TPSA) is 79.1 Å². The second-order valence-electron chi connectivity index (χ2n) is 7.55. The molecule has 7 nitrogen and oxygen atoms in total. The van der Waals surface area contributed by atoms with E-state index in [0.717, 1.165) is 10.0 Å². The maximum Gasteiger partial charge on any atom is 0.338 e. The minimum absolute atomic E-state index is 0.197. The fourth-order valence-corrected chi connectivity index (χ4v) is 5.62. The molecule has 182 valence electrons. The highest BCUT2D eigenvalue weighted by molar-refractivity contribution is 9.10. The molecule has 2 heterocycles. The van der Waals surface area contributed by atoms with E-state index in [-0.39, 0.29) is 17.7 Å². The number of rotatable bonds is 6. The number of fused-ring (bicyclic) bond motifs is 1. The van der Waals surface area contributed by atoms with E-state index in [0.29, 0.717) is 37.1 Å². The number of carbonyl (C=O) groups is 1. The predicted octanol–water partition coefficient (Wildman–Crippen LogP) is 4.23. The van der Waals surface area contributed by atoms with Gasteiger partial charge in [0.2, 0.25) is 0 Å². The van der Waals surface area contributed by atoms with Crippen molar-refractivity contribution in [3.8, 4) is 11.5 Å². The number of halogens is 2. The molecule has 1 aliphatic rings. The lowest BCUT2D eigenvalue weighted by Gasteiger charge is -2.25. The Balaban J connectivity index is 1.98. The van der Waals surface area contributed by atoms with Gasteiger partial charge in [0.1, 0.15) is 6.04 Å². The minimum Gasteiger partial charge on any atom is -0.493 e. The second kappa shape index (κ2) is 10.4. The summed E-state index contributed by atoms with van der Waals surface area (Å²) < 4.78 is 18.7. The van der Waals surface area contributed by atoms with E-state index < -0.39 is 12.0 Å². The van der Waals surface area contributed by atoms with Crippen LogP contribution in [0.5, 0.6) is 11.5 Å². The Hall–Kier alpha value is -2.88. The van der Waals surface area contributed by atoms with Crippen molar-refractivity contribution < 1.29 is 19.0 Å². The number of allylic oxidation sites excluding steroid dienone is 1. The van der Waals surface area contributed by atoms with Crippen LogP contribution in [0, 0.1) is 0 Å². The van der Waals surface area contributed by atoms with Gasteiger partial charge in [-0.15, -0.1) is 0 Å². The average molecular weight is 578 g/mol. The number of benzene rings is 2. The fraction of sp³-hybridized carbons (Fsp3) is 0.240.